The molecule has 0 aliphatic carbocycles. The molecule has 0 aromatic heterocycles. The third-order valence-electron chi connectivity index (χ3n) is 5.70. The van der Waals surface area contributed by atoms with E-state index in [9.17, 15) is 4.79 Å². The van der Waals surface area contributed by atoms with Gasteiger partial charge in [-0.25, -0.2) is 0 Å². The fraction of sp³-hybridized carbons (Fsp3) is 0.611. The van der Waals surface area contributed by atoms with Crippen LogP contribution < -0.4 is 0 Å². The summed E-state index contributed by atoms with van der Waals surface area (Å²) in [6, 6.07) is 7.60. The minimum absolute atomic E-state index is 0.0270. The molecule has 0 unspecified atom stereocenters. The van der Waals surface area contributed by atoms with E-state index in [0.717, 1.165) is 12.8 Å². The molecule has 3 heteroatoms. The van der Waals surface area contributed by atoms with E-state index in [-0.39, 0.29) is 11.9 Å². The first kappa shape index (κ1) is 14.6. The van der Waals surface area contributed by atoms with Crippen molar-refractivity contribution in [2.24, 2.45) is 5.92 Å². The van der Waals surface area contributed by atoms with Crippen LogP contribution >= 0.6 is 0 Å². The van der Waals surface area contributed by atoms with Crippen LogP contribution in [0.25, 0.3) is 0 Å². The lowest BCUT2D eigenvalue weighted by Crippen LogP contribution is -2.49. The van der Waals surface area contributed by atoms with Gasteiger partial charge in [-0.05, 0) is 56.8 Å². The molecule has 0 radical (unpaired) electrons. The molecule has 114 valence electrons. The first-order chi connectivity index (χ1) is 10.0. The maximum absolute atomic E-state index is 12.4. The van der Waals surface area contributed by atoms with Crippen LogP contribution in [0.15, 0.2) is 18.2 Å². The van der Waals surface area contributed by atoms with Gasteiger partial charge < -0.3 is 4.74 Å². The van der Waals surface area contributed by atoms with Gasteiger partial charge in [-0.15, -0.1) is 0 Å². The summed E-state index contributed by atoms with van der Waals surface area (Å²) in [6.45, 7) is 4.28. The van der Waals surface area contributed by atoms with E-state index in [1.165, 1.54) is 30.2 Å². The molecule has 1 aromatic carbocycles. The summed E-state index contributed by atoms with van der Waals surface area (Å²) >= 11 is 0. The van der Waals surface area contributed by atoms with Crippen molar-refractivity contribution in [1.29, 1.82) is 0 Å². The fourth-order valence-corrected chi connectivity index (χ4v) is 4.26. The SMILES string of the molecule is COC(=O)[C@H]1[C@@H](c2ccc(C)c(C)c2)C[C@@H]2CC[C@H]1N2C. The smallest absolute Gasteiger partial charge is 0.310 e. The first-order valence-electron chi connectivity index (χ1n) is 7.90. The van der Waals surface area contributed by atoms with Gasteiger partial charge in [0.1, 0.15) is 0 Å². The number of fused-ring (bicyclic) bond motifs is 2. The Kier molecular flexibility index (Phi) is 3.78. The highest BCUT2D eigenvalue weighted by atomic mass is 16.5. The summed E-state index contributed by atoms with van der Waals surface area (Å²) in [5.41, 5.74) is 3.92. The third-order valence-corrected chi connectivity index (χ3v) is 5.70. The van der Waals surface area contributed by atoms with Crippen LogP contribution in [0.3, 0.4) is 0 Å². The largest absolute Gasteiger partial charge is 0.469 e. The summed E-state index contributed by atoms with van der Waals surface area (Å²) in [5.74, 6) is 0.224. The standard InChI is InChI=1S/C18H25NO2/c1-11-5-6-13(9-12(11)2)15-10-14-7-8-16(19(14)3)17(15)18(20)21-4/h5-6,9,14-17H,7-8,10H2,1-4H3/t14-,15+,16+,17-/m0/s1. The minimum atomic E-state index is -0.0459. The van der Waals surface area contributed by atoms with E-state index in [1.54, 1.807) is 0 Å². The molecule has 2 fully saturated rings. The third kappa shape index (κ3) is 2.38. The number of hydrogen-bond donors (Lipinski definition) is 0. The van der Waals surface area contributed by atoms with Crippen molar-refractivity contribution in [3.8, 4) is 0 Å². The first-order valence-corrected chi connectivity index (χ1v) is 7.90. The second-order valence-corrected chi connectivity index (χ2v) is 6.70. The highest BCUT2D eigenvalue weighted by Gasteiger charge is 2.49. The second kappa shape index (κ2) is 5.45. The van der Waals surface area contributed by atoms with Crippen molar-refractivity contribution < 1.29 is 9.53 Å². The number of esters is 1. The second-order valence-electron chi connectivity index (χ2n) is 6.70. The number of benzene rings is 1. The molecule has 0 amide bonds. The van der Waals surface area contributed by atoms with Gasteiger partial charge in [0.25, 0.3) is 0 Å². The molecule has 2 aliphatic rings. The molecule has 2 heterocycles. The van der Waals surface area contributed by atoms with Gasteiger partial charge in [0.15, 0.2) is 0 Å². The van der Waals surface area contributed by atoms with E-state index in [2.05, 4.69) is 44.0 Å². The Hall–Kier alpha value is -1.35. The molecule has 0 N–H and O–H groups in total. The highest BCUT2D eigenvalue weighted by molar-refractivity contribution is 5.75. The van der Waals surface area contributed by atoms with Crippen molar-refractivity contribution in [2.45, 2.75) is 51.1 Å². The van der Waals surface area contributed by atoms with E-state index in [1.807, 2.05) is 0 Å². The lowest BCUT2D eigenvalue weighted by molar-refractivity contribution is -0.150. The summed E-state index contributed by atoms with van der Waals surface area (Å²) in [4.78, 5) is 14.8. The zero-order valence-corrected chi connectivity index (χ0v) is 13.4. The van der Waals surface area contributed by atoms with Crippen LogP contribution in [-0.2, 0) is 9.53 Å². The van der Waals surface area contributed by atoms with Gasteiger partial charge >= 0.3 is 5.97 Å². The molecule has 3 rings (SSSR count). The Labute approximate surface area is 127 Å². The van der Waals surface area contributed by atoms with Crippen molar-refractivity contribution in [2.75, 3.05) is 14.2 Å². The summed E-state index contributed by atoms with van der Waals surface area (Å²) in [7, 11) is 3.68. The molecular weight excluding hydrogens is 262 g/mol. The number of nitrogens with zero attached hydrogens (tertiary/aromatic N) is 1. The molecule has 4 atom stereocenters. The molecular formula is C18H25NO2. The van der Waals surface area contributed by atoms with Crippen molar-refractivity contribution in [1.82, 2.24) is 4.90 Å². The number of piperidine rings is 1. The Morgan fingerprint density at radius 2 is 2.00 bits per heavy atom. The molecule has 2 saturated heterocycles. The number of aryl methyl sites for hydroxylation is 2. The van der Waals surface area contributed by atoms with Crippen molar-refractivity contribution >= 4 is 5.97 Å². The number of carbonyl (C=O) groups excluding carboxylic acids is 1. The van der Waals surface area contributed by atoms with E-state index in [4.69, 9.17) is 4.74 Å². The average Bonchev–Trinajstić information content (AvgIpc) is 2.72. The van der Waals surface area contributed by atoms with E-state index < -0.39 is 0 Å². The fourth-order valence-electron chi connectivity index (χ4n) is 4.26. The maximum atomic E-state index is 12.4. The molecule has 3 nitrogen and oxygen atoms in total. The molecule has 2 bridgehead atoms. The molecule has 1 aromatic rings. The zero-order chi connectivity index (χ0) is 15.1. The number of hydrogen-bond acceptors (Lipinski definition) is 3. The predicted molar refractivity (Wildman–Crippen MR) is 83.4 cm³/mol. The molecule has 0 spiro atoms. The van der Waals surface area contributed by atoms with Crippen LogP contribution in [0, 0.1) is 19.8 Å². The van der Waals surface area contributed by atoms with Gasteiger partial charge in [-0.2, -0.15) is 0 Å². The topological polar surface area (TPSA) is 29.5 Å². The number of ether oxygens (including phenoxy) is 1. The normalized spacial score (nSPS) is 32.2. The summed E-state index contributed by atoms with van der Waals surface area (Å²) in [5, 5.41) is 0. The number of rotatable bonds is 2. The van der Waals surface area contributed by atoms with Gasteiger partial charge in [0, 0.05) is 18.0 Å². The van der Waals surface area contributed by atoms with Crippen LogP contribution in [0.2, 0.25) is 0 Å². The van der Waals surface area contributed by atoms with Crippen LogP contribution in [0.4, 0.5) is 0 Å². The van der Waals surface area contributed by atoms with Crippen molar-refractivity contribution in [3.63, 3.8) is 0 Å². The van der Waals surface area contributed by atoms with E-state index >= 15 is 0 Å². The molecule has 0 saturated carbocycles. The van der Waals surface area contributed by atoms with Crippen LogP contribution in [0.1, 0.15) is 41.9 Å². The lowest BCUT2D eigenvalue weighted by Gasteiger charge is -2.41. The number of methoxy groups -OCH3 is 1. The van der Waals surface area contributed by atoms with Crippen molar-refractivity contribution in [3.05, 3.63) is 34.9 Å². The van der Waals surface area contributed by atoms with Crippen LogP contribution in [-0.4, -0.2) is 37.1 Å². The molecule has 2 aliphatic heterocycles. The van der Waals surface area contributed by atoms with Gasteiger partial charge in [0.2, 0.25) is 0 Å². The quantitative estimate of drug-likeness (QED) is 0.783. The van der Waals surface area contributed by atoms with Gasteiger partial charge in [-0.1, -0.05) is 18.2 Å². The Bertz CT molecular complexity index is 554. The van der Waals surface area contributed by atoms with Gasteiger partial charge in [0.05, 0.1) is 13.0 Å². The highest BCUT2D eigenvalue weighted by Crippen LogP contribution is 2.46. The molecule has 21 heavy (non-hydrogen) atoms. The lowest BCUT2D eigenvalue weighted by atomic mass is 9.75. The average molecular weight is 287 g/mol. The monoisotopic (exact) mass is 287 g/mol. The Morgan fingerprint density at radius 3 is 2.67 bits per heavy atom. The summed E-state index contributed by atoms with van der Waals surface area (Å²) in [6.07, 6.45) is 3.38. The zero-order valence-electron chi connectivity index (χ0n) is 13.4. The Morgan fingerprint density at radius 1 is 1.24 bits per heavy atom. The summed E-state index contributed by atoms with van der Waals surface area (Å²) < 4.78 is 5.13. The van der Waals surface area contributed by atoms with E-state index in [0.29, 0.717) is 18.0 Å². The Balaban J connectivity index is 1.98. The number of carbonyl (C=O) groups is 1. The maximum Gasteiger partial charge on any atom is 0.310 e. The van der Waals surface area contributed by atoms with Crippen LogP contribution in [0.5, 0.6) is 0 Å². The predicted octanol–water partition coefficient (Wildman–Crippen LogP) is 3.04. The van der Waals surface area contributed by atoms with Gasteiger partial charge in [-0.3, -0.25) is 9.69 Å². The minimum Gasteiger partial charge on any atom is -0.469 e.